The summed E-state index contributed by atoms with van der Waals surface area (Å²) in [5.74, 6) is 0.354. The van der Waals surface area contributed by atoms with Gasteiger partial charge in [0.15, 0.2) is 0 Å². The van der Waals surface area contributed by atoms with E-state index in [1.807, 2.05) is 29.2 Å². The number of carbonyl (C=O) groups excluding carboxylic acids is 2. The lowest BCUT2D eigenvalue weighted by molar-refractivity contribution is -0.135. The van der Waals surface area contributed by atoms with Crippen molar-refractivity contribution in [3.63, 3.8) is 0 Å². The van der Waals surface area contributed by atoms with Crippen LogP contribution in [0.1, 0.15) is 44.6 Å². The van der Waals surface area contributed by atoms with Gasteiger partial charge in [-0.05, 0) is 30.9 Å². The number of likely N-dealkylation sites (tertiary alicyclic amines) is 1. The van der Waals surface area contributed by atoms with Gasteiger partial charge in [0.05, 0.1) is 6.42 Å². The van der Waals surface area contributed by atoms with Gasteiger partial charge in [0.25, 0.3) is 0 Å². The number of halogens is 1. The summed E-state index contributed by atoms with van der Waals surface area (Å²) in [5, 5.41) is 3.03. The number of benzene rings is 1. The molecule has 0 atom stereocenters. The minimum Gasteiger partial charge on any atom is -0.356 e. The fourth-order valence-electron chi connectivity index (χ4n) is 3.04. The molecule has 4 nitrogen and oxygen atoms in total. The van der Waals surface area contributed by atoms with Crippen LogP contribution >= 0.6 is 15.9 Å². The van der Waals surface area contributed by atoms with Crippen LogP contribution in [0.2, 0.25) is 0 Å². The molecule has 0 aromatic heterocycles. The second-order valence-electron chi connectivity index (χ2n) is 6.42. The quantitative estimate of drug-likeness (QED) is 0.718. The van der Waals surface area contributed by atoms with Gasteiger partial charge in [0.1, 0.15) is 0 Å². The van der Waals surface area contributed by atoms with Crippen molar-refractivity contribution in [1.29, 1.82) is 0 Å². The number of nitrogens with one attached hydrogen (secondary N) is 1. The summed E-state index contributed by atoms with van der Waals surface area (Å²) in [6.07, 6.45) is 5.31. The Morgan fingerprint density at radius 2 is 1.92 bits per heavy atom. The van der Waals surface area contributed by atoms with E-state index in [0.29, 0.717) is 19.5 Å². The Labute approximate surface area is 153 Å². The van der Waals surface area contributed by atoms with Crippen LogP contribution in [0.3, 0.4) is 0 Å². The van der Waals surface area contributed by atoms with Crippen LogP contribution in [0, 0.1) is 5.92 Å². The molecule has 132 valence electrons. The van der Waals surface area contributed by atoms with Crippen LogP contribution in [0.25, 0.3) is 0 Å². The van der Waals surface area contributed by atoms with E-state index in [2.05, 4.69) is 28.2 Å². The highest BCUT2D eigenvalue weighted by molar-refractivity contribution is 9.10. The monoisotopic (exact) mass is 394 g/mol. The summed E-state index contributed by atoms with van der Waals surface area (Å²) in [6, 6.07) is 7.82. The molecule has 1 fully saturated rings. The largest absolute Gasteiger partial charge is 0.356 e. The fourth-order valence-corrected chi connectivity index (χ4v) is 3.46. The molecule has 0 aliphatic carbocycles. The fraction of sp³-hybridized carbons (Fsp3) is 0.579. The molecule has 0 unspecified atom stereocenters. The molecular weight excluding hydrogens is 368 g/mol. The first-order valence-corrected chi connectivity index (χ1v) is 9.70. The average molecular weight is 395 g/mol. The highest BCUT2D eigenvalue weighted by Gasteiger charge is 2.27. The Kier molecular flexibility index (Phi) is 7.76. The van der Waals surface area contributed by atoms with Gasteiger partial charge < -0.3 is 10.2 Å². The number of rotatable bonds is 7. The molecule has 2 rings (SSSR count). The molecule has 1 heterocycles. The number of piperidine rings is 1. The SMILES string of the molecule is CCCCCNC(=O)C1CCN(C(=O)Cc2ccccc2Br)CC1. The molecular formula is C19H27BrN2O2. The molecule has 0 saturated carbocycles. The summed E-state index contributed by atoms with van der Waals surface area (Å²) in [5.41, 5.74) is 1.01. The Balaban J connectivity index is 1.75. The van der Waals surface area contributed by atoms with Crippen molar-refractivity contribution in [2.45, 2.75) is 45.4 Å². The highest BCUT2D eigenvalue weighted by atomic mass is 79.9. The van der Waals surface area contributed by atoms with Crippen molar-refractivity contribution < 1.29 is 9.59 Å². The van der Waals surface area contributed by atoms with E-state index >= 15 is 0 Å². The number of carbonyl (C=O) groups is 2. The first-order valence-electron chi connectivity index (χ1n) is 8.90. The topological polar surface area (TPSA) is 49.4 Å². The molecule has 1 N–H and O–H groups in total. The maximum atomic E-state index is 12.4. The van der Waals surface area contributed by atoms with Crippen LogP contribution in [0.15, 0.2) is 28.7 Å². The summed E-state index contributed by atoms with van der Waals surface area (Å²) in [7, 11) is 0. The zero-order valence-electron chi connectivity index (χ0n) is 14.4. The van der Waals surface area contributed by atoms with Crippen LogP contribution in [0.5, 0.6) is 0 Å². The predicted octanol–water partition coefficient (Wildman–Crippen LogP) is 3.54. The molecule has 2 amide bonds. The average Bonchev–Trinajstić information content (AvgIpc) is 2.60. The minimum atomic E-state index is 0.0548. The van der Waals surface area contributed by atoms with Gasteiger partial charge in [0.2, 0.25) is 11.8 Å². The molecule has 1 saturated heterocycles. The molecule has 1 aromatic rings. The first kappa shape index (κ1) is 19.0. The van der Waals surface area contributed by atoms with Gasteiger partial charge in [0, 0.05) is 30.0 Å². The zero-order chi connectivity index (χ0) is 17.4. The van der Waals surface area contributed by atoms with Crippen molar-refractivity contribution in [2.75, 3.05) is 19.6 Å². The van der Waals surface area contributed by atoms with Crippen molar-refractivity contribution in [1.82, 2.24) is 10.2 Å². The molecule has 0 radical (unpaired) electrons. The molecule has 0 bridgehead atoms. The summed E-state index contributed by atoms with van der Waals surface area (Å²) in [6.45, 7) is 4.28. The Morgan fingerprint density at radius 3 is 2.58 bits per heavy atom. The van der Waals surface area contributed by atoms with E-state index in [-0.39, 0.29) is 17.7 Å². The lowest BCUT2D eigenvalue weighted by Gasteiger charge is -2.31. The molecule has 5 heteroatoms. The molecule has 1 aliphatic heterocycles. The van der Waals surface area contributed by atoms with Crippen molar-refractivity contribution >= 4 is 27.7 Å². The molecule has 0 spiro atoms. The first-order chi connectivity index (χ1) is 11.6. The van der Waals surface area contributed by atoms with Gasteiger partial charge in [-0.3, -0.25) is 9.59 Å². The zero-order valence-corrected chi connectivity index (χ0v) is 16.0. The van der Waals surface area contributed by atoms with Gasteiger partial charge in [-0.25, -0.2) is 0 Å². The van der Waals surface area contributed by atoms with Crippen molar-refractivity contribution in [3.05, 3.63) is 34.3 Å². The van der Waals surface area contributed by atoms with Crippen LogP contribution in [-0.2, 0) is 16.0 Å². The molecule has 1 aromatic carbocycles. The van der Waals surface area contributed by atoms with Crippen molar-refractivity contribution in [2.24, 2.45) is 5.92 Å². The van der Waals surface area contributed by atoms with Gasteiger partial charge in [-0.2, -0.15) is 0 Å². The van der Waals surface area contributed by atoms with Gasteiger partial charge in [-0.1, -0.05) is 53.9 Å². The lowest BCUT2D eigenvalue weighted by atomic mass is 9.95. The highest BCUT2D eigenvalue weighted by Crippen LogP contribution is 2.21. The van der Waals surface area contributed by atoms with E-state index in [1.165, 1.54) is 0 Å². The second-order valence-corrected chi connectivity index (χ2v) is 7.28. The minimum absolute atomic E-state index is 0.0548. The van der Waals surface area contributed by atoms with Crippen LogP contribution in [0.4, 0.5) is 0 Å². The third-order valence-corrected chi connectivity index (χ3v) is 5.37. The second kappa shape index (κ2) is 9.82. The number of hydrogen-bond acceptors (Lipinski definition) is 2. The van der Waals surface area contributed by atoms with E-state index in [1.54, 1.807) is 0 Å². The number of nitrogens with zero attached hydrogens (tertiary/aromatic N) is 1. The molecule has 1 aliphatic rings. The maximum absolute atomic E-state index is 12.4. The third kappa shape index (κ3) is 5.62. The van der Waals surface area contributed by atoms with Crippen molar-refractivity contribution in [3.8, 4) is 0 Å². The van der Waals surface area contributed by atoms with Gasteiger partial charge in [-0.15, -0.1) is 0 Å². The Bertz CT molecular complexity index is 554. The molecule has 24 heavy (non-hydrogen) atoms. The third-order valence-electron chi connectivity index (χ3n) is 4.60. The lowest BCUT2D eigenvalue weighted by Crippen LogP contribution is -2.43. The maximum Gasteiger partial charge on any atom is 0.227 e. The number of hydrogen-bond donors (Lipinski definition) is 1. The van der Waals surface area contributed by atoms with E-state index in [4.69, 9.17) is 0 Å². The Hall–Kier alpha value is -1.36. The summed E-state index contributed by atoms with van der Waals surface area (Å²) in [4.78, 5) is 26.5. The van der Waals surface area contributed by atoms with E-state index in [9.17, 15) is 9.59 Å². The van der Waals surface area contributed by atoms with E-state index in [0.717, 1.165) is 48.7 Å². The summed E-state index contributed by atoms with van der Waals surface area (Å²) >= 11 is 3.49. The Morgan fingerprint density at radius 1 is 1.21 bits per heavy atom. The van der Waals surface area contributed by atoms with Crippen LogP contribution in [-0.4, -0.2) is 36.3 Å². The normalized spacial score (nSPS) is 15.3. The predicted molar refractivity (Wildman–Crippen MR) is 99.7 cm³/mol. The standard InChI is InChI=1S/C19H27BrN2O2/c1-2-3-6-11-21-19(24)15-9-12-22(13-10-15)18(23)14-16-7-4-5-8-17(16)20/h4-5,7-8,15H,2-3,6,9-14H2,1H3,(H,21,24). The number of unbranched alkanes of at least 4 members (excludes halogenated alkanes) is 2. The smallest absolute Gasteiger partial charge is 0.227 e. The summed E-state index contributed by atoms with van der Waals surface area (Å²) < 4.78 is 0.972. The van der Waals surface area contributed by atoms with Gasteiger partial charge >= 0.3 is 0 Å². The van der Waals surface area contributed by atoms with Crippen LogP contribution < -0.4 is 5.32 Å². The number of amides is 2. The van der Waals surface area contributed by atoms with E-state index < -0.39 is 0 Å².